The number of aromatic nitrogens is 8. The van der Waals surface area contributed by atoms with Crippen molar-refractivity contribution >= 4 is 49.9 Å². The standard InChI is InChI=1S/C20H26N10O13P2/c21-13-7-14(24-2-23-13)29(3-25-7)17-10(32)11(33)19(42-17)39-5-45(37,38)43-12-9(31)6(1-40-44(35)36)41-18(12)30-4-26-8-15(30)27-20(22)28-16(8)34/h2-4,6,9-12,17-19,31-33,44H,1,5H2,(H,35,36)(H,37,38)(H2,21,23,24)(H3,22,27,28,34)/t6-,9+,10+,11-,12+,17-,18-,19+/m1/s1. The zero-order valence-corrected chi connectivity index (χ0v) is 24.4. The summed E-state index contributed by atoms with van der Waals surface area (Å²) >= 11 is 0. The Morgan fingerprint density at radius 1 is 1.00 bits per heavy atom. The molecule has 2 saturated heterocycles. The van der Waals surface area contributed by atoms with Gasteiger partial charge in [-0.3, -0.25) is 32.6 Å². The minimum absolute atomic E-state index is 0.0589. The number of anilines is 2. The molecule has 2 fully saturated rings. The Kier molecular flexibility index (Phi) is 8.45. The van der Waals surface area contributed by atoms with Crippen LogP contribution in [-0.4, -0.2) is 114 Å². The summed E-state index contributed by atoms with van der Waals surface area (Å²) in [7, 11) is -8.32. The van der Waals surface area contributed by atoms with Gasteiger partial charge in [0.25, 0.3) is 5.56 Å². The number of aliphatic hydroxyl groups is 3. The van der Waals surface area contributed by atoms with E-state index < -0.39 is 83.6 Å². The van der Waals surface area contributed by atoms with Gasteiger partial charge in [-0.2, -0.15) is 4.98 Å². The maximum absolute atomic E-state index is 13.2. The molecule has 4 aromatic heterocycles. The van der Waals surface area contributed by atoms with E-state index in [1.165, 1.54) is 10.9 Å². The fraction of sp³-hybridized carbons (Fsp3) is 0.500. The third-order valence-electron chi connectivity index (χ3n) is 6.95. The summed E-state index contributed by atoms with van der Waals surface area (Å²) in [5.74, 6) is -0.232. The highest BCUT2D eigenvalue weighted by Crippen LogP contribution is 2.49. The lowest BCUT2D eigenvalue weighted by atomic mass is 10.1. The van der Waals surface area contributed by atoms with Gasteiger partial charge < -0.3 is 55.3 Å². The summed E-state index contributed by atoms with van der Waals surface area (Å²) < 4.78 is 53.4. The van der Waals surface area contributed by atoms with E-state index in [0.29, 0.717) is 0 Å². The monoisotopic (exact) mass is 676 g/mol. The molecule has 6 rings (SSSR count). The molecule has 23 nitrogen and oxygen atoms in total. The van der Waals surface area contributed by atoms with E-state index in [1.54, 1.807) is 0 Å². The summed E-state index contributed by atoms with van der Waals surface area (Å²) in [6.45, 7) is -0.623. The van der Waals surface area contributed by atoms with Crippen LogP contribution in [0.3, 0.4) is 0 Å². The van der Waals surface area contributed by atoms with Crippen LogP contribution in [0.15, 0.2) is 23.8 Å². The third kappa shape index (κ3) is 5.96. The minimum atomic E-state index is -4.87. The number of imidazole rings is 2. The van der Waals surface area contributed by atoms with Gasteiger partial charge in [-0.1, -0.05) is 0 Å². The lowest BCUT2D eigenvalue weighted by Gasteiger charge is -2.25. The zero-order chi connectivity index (χ0) is 32.2. The van der Waals surface area contributed by atoms with Crippen molar-refractivity contribution in [2.75, 3.05) is 24.4 Å². The number of nitrogens with zero attached hydrogens (tertiary/aromatic N) is 7. The molecule has 0 spiro atoms. The second-order valence-corrected chi connectivity index (χ2v) is 12.4. The molecule has 244 valence electrons. The number of hydrogen-bond acceptors (Lipinski definition) is 18. The average Bonchev–Trinajstić information content (AvgIpc) is 3.73. The van der Waals surface area contributed by atoms with E-state index in [-0.39, 0.29) is 34.1 Å². The first kappa shape index (κ1) is 31.5. The Hall–Kier alpha value is -3.44. The normalized spacial score (nSPS) is 30.7. The van der Waals surface area contributed by atoms with E-state index in [2.05, 4.69) is 34.4 Å². The topological polar surface area (TPSA) is 341 Å². The van der Waals surface area contributed by atoms with Crippen LogP contribution in [-0.2, 0) is 32.4 Å². The molecule has 25 heteroatoms. The SMILES string of the molecule is Nc1nc2c(ncn2[C@@H]2O[C@H](CO[PH](=O)O)[C@H](O)[C@@H]2OP(=O)(O)CO[C@H]2O[C@@H](n3cnc4c(N)ncnc43)[C@@H](O)[C@H]2O)c(=O)[nH]1. The van der Waals surface area contributed by atoms with E-state index in [0.717, 1.165) is 17.2 Å². The predicted octanol–water partition coefficient (Wildman–Crippen LogP) is -3.10. The quantitative estimate of drug-likeness (QED) is 0.0771. The number of aliphatic hydroxyl groups excluding tert-OH is 3. The van der Waals surface area contributed by atoms with Crippen LogP contribution in [0.2, 0.25) is 0 Å². The minimum Gasteiger partial charge on any atom is -0.387 e. The Labute approximate surface area is 249 Å². The Morgan fingerprint density at radius 3 is 2.44 bits per heavy atom. The van der Waals surface area contributed by atoms with Crippen LogP contribution in [0.5, 0.6) is 0 Å². The van der Waals surface area contributed by atoms with Crippen molar-refractivity contribution in [1.29, 1.82) is 0 Å². The van der Waals surface area contributed by atoms with Gasteiger partial charge in [0.05, 0.1) is 19.3 Å². The molecular formula is C20H26N10O13P2. The molecule has 2 unspecified atom stereocenters. The van der Waals surface area contributed by atoms with Gasteiger partial charge in [0.1, 0.15) is 42.4 Å². The number of H-pyrrole nitrogens is 1. The number of nitrogen functional groups attached to an aromatic ring is 2. The highest BCUT2D eigenvalue weighted by atomic mass is 31.2. The van der Waals surface area contributed by atoms with Crippen LogP contribution in [0, 0.1) is 0 Å². The summed E-state index contributed by atoms with van der Waals surface area (Å²) in [6.07, 6.45) is -10.2. The fourth-order valence-electron chi connectivity index (χ4n) is 4.92. The van der Waals surface area contributed by atoms with E-state index >= 15 is 0 Å². The van der Waals surface area contributed by atoms with Crippen molar-refractivity contribution in [3.05, 3.63) is 29.3 Å². The summed E-state index contributed by atoms with van der Waals surface area (Å²) in [4.78, 5) is 54.2. The molecule has 0 amide bonds. The lowest BCUT2D eigenvalue weighted by molar-refractivity contribution is -0.168. The number of hydrogen-bond donors (Lipinski definition) is 8. The molecule has 0 radical (unpaired) electrons. The van der Waals surface area contributed by atoms with Gasteiger partial charge in [-0.25, -0.2) is 19.9 Å². The van der Waals surface area contributed by atoms with E-state index in [1.807, 2.05) is 0 Å². The number of rotatable bonds is 10. The number of aromatic amines is 1. The summed E-state index contributed by atoms with van der Waals surface area (Å²) in [5, 5.41) is 32.1. The largest absolute Gasteiger partial charge is 0.387 e. The number of fused-ring (bicyclic) bond motifs is 2. The van der Waals surface area contributed by atoms with Gasteiger partial charge in [0.2, 0.25) is 5.95 Å². The smallest absolute Gasteiger partial charge is 0.354 e. The highest BCUT2D eigenvalue weighted by molar-refractivity contribution is 7.52. The number of ether oxygens (including phenoxy) is 3. The Balaban J connectivity index is 1.20. The molecular weight excluding hydrogens is 650 g/mol. The first-order valence-electron chi connectivity index (χ1n) is 12.8. The fourth-order valence-corrected chi connectivity index (χ4v) is 6.23. The second kappa shape index (κ2) is 12.1. The van der Waals surface area contributed by atoms with Gasteiger partial charge in [-0.05, 0) is 0 Å². The first-order valence-corrected chi connectivity index (χ1v) is 15.9. The highest BCUT2D eigenvalue weighted by Gasteiger charge is 2.50. The van der Waals surface area contributed by atoms with Gasteiger partial charge >= 0.3 is 15.9 Å². The molecule has 0 saturated carbocycles. The summed E-state index contributed by atoms with van der Waals surface area (Å²) in [5.41, 5.74) is 10.8. The number of nitrogens with one attached hydrogen (secondary N) is 1. The maximum Gasteiger partial charge on any atom is 0.354 e. The van der Waals surface area contributed by atoms with Crippen LogP contribution >= 0.6 is 15.9 Å². The molecule has 2 aliphatic heterocycles. The average molecular weight is 676 g/mol. The lowest BCUT2D eigenvalue weighted by Crippen LogP contribution is -2.36. The van der Waals surface area contributed by atoms with E-state index in [4.69, 9.17) is 35.1 Å². The van der Waals surface area contributed by atoms with Crippen LogP contribution < -0.4 is 17.0 Å². The van der Waals surface area contributed by atoms with Gasteiger partial charge in [0.15, 0.2) is 47.7 Å². The van der Waals surface area contributed by atoms with Gasteiger partial charge in [0, 0.05) is 0 Å². The van der Waals surface area contributed by atoms with Crippen molar-refractivity contribution in [3.8, 4) is 0 Å². The molecule has 4 aromatic rings. The second-order valence-electron chi connectivity index (χ2n) is 9.87. The van der Waals surface area contributed by atoms with Crippen LogP contribution in [0.4, 0.5) is 11.8 Å². The van der Waals surface area contributed by atoms with Crippen molar-refractivity contribution in [3.63, 3.8) is 0 Å². The molecule has 0 bridgehead atoms. The number of nitrogens with two attached hydrogens (primary N) is 2. The zero-order valence-electron chi connectivity index (χ0n) is 22.5. The van der Waals surface area contributed by atoms with Crippen LogP contribution in [0.25, 0.3) is 22.3 Å². The maximum atomic E-state index is 13.2. The van der Waals surface area contributed by atoms with Crippen molar-refractivity contribution in [1.82, 2.24) is 39.0 Å². The molecule has 0 aromatic carbocycles. The Morgan fingerprint density at radius 2 is 1.71 bits per heavy atom. The van der Waals surface area contributed by atoms with E-state index in [9.17, 15) is 34.1 Å². The molecule has 2 aliphatic rings. The molecule has 6 heterocycles. The molecule has 10 N–H and O–H groups in total. The predicted molar refractivity (Wildman–Crippen MR) is 146 cm³/mol. The van der Waals surface area contributed by atoms with Crippen molar-refractivity contribution in [2.45, 2.75) is 49.3 Å². The first-order chi connectivity index (χ1) is 21.3. The molecule has 10 atom stereocenters. The molecule has 45 heavy (non-hydrogen) atoms. The van der Waals surface area contributed by atoms with Crippen LogP contribution in [0.1, 0.15) is 12.5 Å². The molecule has 0 aliphatic carbocycles. The Bertz CT molecular complexity index is 1850. The van der Waals surface area contributed by atoms with Crippen molar-refractivity contribution in [2.24, 2.45) is 0 Å². The summed E-state index contributed by atoms with van der Waals surface area (Å²) in [6, 6.07) is 0. The van der Waals surface area contributed by atoms with Crippen molar-refractivity contribution < 1.29 is 57.5 Å². The van der Waals surface area contributed by atoms with Gasteiger partial charge in [-0.15, -0.1) is 0 Å². The third-order valence-corrected chi connectivity index (χ3v) is 8.41.